The van der Waals surface area contributed by atoms with E-state index in [2.05, 4.69) is 20.6 Å². The Morgan fingerprint density at radius 3 is 2.69 bits per heavy atom. The molecule has 7 nitrogen and oxygen atoms in total. The van der Waals surface area contributed by atoms with E-state index in [4.69, 9.17) is 16.3 Å². The summed E-state index contributed by atoms with van der Waals surface area (Å²) in [6, 6.07) is 5.47. The van der Waals surface area contributed by atoms with Gasteiger partial charge < -0.3 is 15.4 Å². The zero-order valence-electron chi connectivity index (χ0n) is 14.8. The van der Waals surface area contributed by atoms with E-state index in [0.29, 0.717) is 28.9 Å². The fourth-order valence-electron chi connectivity index (χ4n) is 1.93. The highest BCUT2D eigenvalue weighted by Crippen LogP contribution is 2.24. The van der Waals surface area contributed by atoms with Gasteiger partial charge in [0.25, 0.3) is 5.91 Å². The molecule has 0 saturated heterocycles. The minimum absolute atomic E-state index is 0.180. The molecule has 0 aliphatic rings. The molecule has 0 fully saturated rings. The topological polar surface area (TPSA) is 93.2 Å². The van der Waals surface area contributed by atoms with Crippen molar-refractivity contribution in [2.75, 3.05) is 6.54 Å². The maximum atomic E-state index is 12.2. The number of carbonyl (C=O) groups is 2. The molecule has 2 aromatic rings. The van der Waals surface area contributed by atoms with Gasteiger partial charge in [0.1, 0.15) is 9.94 Å². The molecular weight excluding hydrogens is 376 g/mol. The SMILES string of the molecule is CC(C)(C)OC(=O)NCCc1nc(C(=O)NCc2ccccn2)c(Cl)s1. The van der Waals surface area contributed by atoms with Gasteiger partial charge in [-0.15, -0.1) is 11.3 Å². The highest BCUT2D eigenvalue weighted by atomic mass is 35.5. The van der Waals surface area contributed by atoms with E-state index in [1.807, 2.05) is 12.1 Å². The average molecular weight is 397 g/mol. The Kier molecular flexibility index (Phi) is 6.93. The normalized spacial score (nSPS) is 11.1. The number of nitrogens with one attached hydrogen (secondary N) is 2. The third kappa shape index (κ3) is 6.61. The van der Waals surface area contributed by atoms with Gasteiger partial charge in [-0.2, -0.15) is 0 Å². The fourth-order valence-corrected chi connectivity index (χ4v) is 3.11. The molecule has 0 radical (unpaired) electrons. The van der Waals surface area contributed by atoms with Gasteiger partial charge in [-0.1, -0.05) is 17.7 Å². The van der Waals surface area contributed by atoms with Crippen LogP contribution in [-0.4, -0.2) is 34.1 Å². The van der Waals surface area contributed by atoms with Crippen LogP contribution in [0.4, 0.5) is 4.79 Å². The number of thiazole rings is 1. The molecule has 2 N–H and O–H groups in total. The van der Waals surface area contributed by atoms with Gasteiger partial charge in [0.05, 0.1) is 17.2 Å². The molecule has 2 aromatic heterocycles. The summed E-state index contributed by atoms with van der Waals surface area (Å²) in [7, 11) is 0. The predicted molar refractivity (Wildman–Crippen MR) is 100 cm³/mol. The van der Waals surface area contributed by atoms with Crippen LogP contribution in [0.2, 0.25) is 4.34 Å². The van der Waals surface area contributed by atoms with Crippen molar-refractivity contribution in [1.82, 2.24) is 20.6 Å². The lowest BCUT2D eigenvalue weighted by Gasteiger charge is -2.19. The van der Waals surface area contributed by atoms with E-state index in [1.54, 1.807) is 33.0 Å². The molecule has 0 saturated carbocycles. The Labute approximate surface area is 161 Å². The quantitative estimate of drug-likeness (QED) is 0.782. The summed E-state index contributed by atoms with van der Waals surface area (Å²) < 4.78 is 5.47. The molecule has 140 valence electrons. The lowest BCUT2D eigenvalue weighted by atomic mass is 10.2. The van der Waals surface area contributed by atoms with Gasteiger partial charge >= 0.3 is 6.09 Å². The van der Waals surface area contributed by atoms with Crippen molar-refractivity contribution < 1.29 is 14.3 Å². The lowest BCUT2D eigenvalue weighted by molar-refractivity contribution is 0.0528. The van der Waals surface area contributed by atoms with Crippen LogP contribution >= 0.6 is 22.9 Å². The molecule has 0 bridgehead atoms. The highest BCUT2D eigenvalue weighted by molar-refractivity contribution is 7.16. The standard InChI is InChI=1S/C17H21ClN4O3S/c1-17(2,3)25-16(24)20-9-7-12-22-13(14(18)26-12)15(23)21-10-11-6-4-5-8-19-11/h4-6,8H,7,9-10H2,1-3H3,(H,20,24)(H,21,23). The van der Waals surface area contributed by atoms with Gasteiger partial charge in [-0.05, 0) is 32.9 Å². The summed E-state index contributed by atoms with van der Waals surface area (Å²) in [6.45, 7) is 6.02. The van der Waals surface area contributed by atoms with E-state index < -0.39 is 11.7 Å². The average Bonchev–Trinajstić information content (AvgIpc) is 2.93. The summed E-state index contributed by atoms with van der Waals surface area (Å²) in [5, 5.41) is 6.05. The summed E-state index contributed by atoms with van der Waals surface area (Å²) >= 11 is 7.33. The first kappa shape index (κ1) is 20.1. The number of hydrogen-bond acceptors (Lipinski definition) is 6. The van der Waals surface area contributed by atoms with Gasteiger partial charge in [-0.25, -0.2) is 9.78 Å². The smallest absolute Gasteiger partial charge is 0.407 e. The monoisotopic (exact) mass is 396 g/mol. The highest BCUT2D eigenvalue weighted by Gasteiger charge is 2.18. The molecule has 9 heteroatoms. The second kappa shape index (κ2) is 8.95. The van der Waals surface area contributed by atoms with Crippen LogP contribution in [0.1, 0.15) is 42.0 Å². The molecule has 0 aliphatic heterocycles. The zero-order valence-corrected chi connectivity index (χ0v) is 16.4. The number of halogens is 1. The second-order valence-electron chi connectivity index (χ2n) is 6.41. The van der Waals surface area contributed by atoms with Crippen molar-refractivity contribution in [2.24, 2.45) is 0 Å². The third-order valence-electron chi connectivity index (χ3n) is 3.01. The molecule has 0 spiro atoms. The van der Waals surface area contributed by atoms with Gasteiger partial charge in [0, 0.05) is 19.2 Å². The minimum Gasteiger partial charge on any atom is -0.444 e. The number of rotatable bonds is 6. The third-order valence-corrected chi connectivity index (χ3v) is 4.32. The number of amides is 2. The van der Waals surface area contributed by atoms with E-state index in [0.717, 1.165) is 5.69 Å². The molecule has 0 aliphatic carbocycles. The lowest BCUT2D eigenvalue weighted by Crippen LogP contribution is -2.33. The predicted octanol–water partition coefficient (Wildman–Crippen LogP) is 3.19. The first-order valence-electron chi connectivity index (χ1n) is 8.05. The summed E-state index contributed by atoms with van der Waals surface area (Å²) in [5.74, 6) is -0.358. The van der Waals surface area contributed by atoms with Crippen LogP contribution in [0.5, 0.6) is 0 Å². The molecule has 0 unspecified atom stereocenters. The molecule has 26 heavy (non-hydrogen) atoms. The Hall–Kier alpha value is -2.19. The van der Waals surface area contributed by atoms with Crippen molar-refractivity contribution in [1.29, 1.82) is 0 Å². The van der Waals surface area contributed by atoms with Crippen LogP contribution in [0.25, 0.3) is 0 Å². The van der Waals surface area contributed by atoms with E-state index in [1.165, 1.54) is 11.3 Å². The number of nitrogens with zero attached hydrogens (tertiary/aromatic N) is 2. The van der Waals surface area contributed by atoms with Crippen LogP contribution in [0.15, 0.2) is 24.4 Å². The van der Waals surface area contributed by atoms with Crippen molar-refractivity contribution in [2.45, 2.75) is 39.3 Å². The molecule has 2 rings (SSSR count). The van der Waals surface area contributed by atoms with E-state index >= 15 is 0 Å². The minimum atomic E-state index is -0.548. The van der Waals surface area contributed by atoms with Gasteiger partial charge in [-0.3, -0.25) is 9.78 Å². The molecular formula is C17H21ClN4O3S. The Bertz CT molecular complexity index is 759. The van der Waals surface area contributed by atoms with E-state index in [-0.39, 0.29) is 11.6 Å². The van der Waals surface area contributed by atoms with Crippen LogP contribution in [-0.2, 0) is 17.7 Å². The summed E-state index contributed by atoms with van der Waals surface area (Å²) in [6.07, 6.45) is 1.62. The number of aromatic nitrogens is 2. The Morgan fingerprint density at radius 1 is 1.27 bits per heavy atom. The zero-order chi connectivity index (χ0) is 19.2. The summed E-state index contributed by atoms with van der Waals surface area (Å²) in [4.78, 5) is 32.2. The van der Waals surface area contributed by atoms with Crippen molar-refractivity contribution in [3.05, 3.63) is 45.1 Å². The molecule has 2 heterocycles. The number of hydrogen-bond donors (Lipinski definition) is 2. The van der Waals surface area contributed by atoms with Crippen molar-refractivity contribution in [3.8, 4) is 0 Å². The molecule has 0 atom stereocenters. The number of alkyl carbamates (subject to hydrolysis) is 1. The molecule has 2 amide bonds. The Balaban J connectivity index is 1.84. The van der Waals surface area contributed by atoms with Gasteiger partial charge in [0.2, 0.25) is 0 Å². The van der Waals surface area contributed by atoms with Crippen LogP contribution < -0.4 is 10.6 Å². The van der Waals surface area contributed by atoms with Crippen molar-refractivity contribution in [3.63, 3.8) is 0 Å². The largest absolute Gasteiger partial charge is 0.444 e. The number of carbonyl (C=O) groups excluding carboxylic acids is 2. The fraction of sp³-hybridized carbons (Fsp3) is 0.412. The summed E-state index contributed by atoms with van der Waals surface area (Å²) in [5.41, 5.74) is 0.377. The van der Waals surface area contributed by atoms with Crippen molar-refractivity contribution >= 4 is 34.9 Å². The van der Waals surface area contributed by atoms with Gasteiger partial charge in [0.15, 0.2) is 5.69 Å². The molecule has 0 aromatic carbocycles. The van der Waals surface area contributed by atoms with E-state index in [9.17, 15) is 9.59 Å². The maximum absolute atomic E-state index is 12.2. The Morgan fingerprint density at radius 2 is 2.04 bits per heavy atom. The number of pyridine rings is 1. The first-order chi connectivity index (χ1) is 12.2. The number of ether oxygens (including phenoxy) is 1. The van der Waals surface area contributed by atoms with Crippen LogP contribution in [0.3, 0.4) is 0 Å². The second-order valence-corrected chi connectivity index (χ2v) is 8.10. The first-order valence-corrected chi connectivity index (χ1v) is 9.24. The van der Waals surface area contributed by atoms with Crippen LogP contribution in [0, 0.1) is 0 Å². The maximum Gasteiger partial charge on any atom is 0.407 e.